The molecule has 1 aromatic heterocycles. The molecule has 2 aromatic carbocycles. The summed E-state index contributed by atoms with van der Waals surface area (Å²) >= 11 is 0. The number of phenolic OH excluding ortho intramolecular Hbond substituents is 3. The van der Waals surface area contributed by atoms with Gasteiger partial charge in [-0.05, 0) is 18.2 Å². The van der Waals surface area contributed by atoms with Crippen LogP contribution >= 0.6 is 0 Å². The molecule has 10 heteroatoms. The lowest BCUT2D eigenvalue weighted by Crippen LogP contribution is -2.60. The first kappa shape index (κ1) is 21.1. The number of hydrogen-bond acceptors (Lipinski definition) is 9. The van der Waals surface area contributed by atoms with Crippen LogP contribution in [-0.4, -0.2) is 73.1 Å². The summed E-state index contributed by atoms with van der Waals surface area (Å²) in [7, 11) is 0. The Kier molecular flexibility index (Phi) is 5.56. The molecule has 3 aromatic rings. The molecule has 0 aliphatic carbocycles. The zero-order valence-electron chi connectivity index (χ0n) is 16.0. The largest absolute Gasteiger partial charge is 0.507 e. The average Bonchev–Trinajstić information content (AvgIpc) is 2.75. The molecule has 0 saturated carbocycles. The Balaban J connectivity index is 1.69. The van der Waals surface area contributed by atoms with Gasteiger partial charge < -0.3 is 45.2 Å². The van der Waals surface area contributed by atoms with Crippen LogP contribution in [0.5, 0.6) is 23.0 Å². The van der Waals surface area contributed by atoms with Crippen molar-refractivity contribution in [1.82, 2.24) is 0 Å². The number of phenols is 3. The summed E-state index contributed by atoms with van der Waals surface area (Å²) in [5.74, 6) is -0.440. The number of aliphatic hydroxyl groups excluding tert-OH is 4. The van der Waals surface area contributed by atoms with Gasteiger partial charge in [0.25, 0.3) is 0 Å². The highest BCUT2D eigenvalue weighted by Crippen LogP contribution is 2.37. The molecule has 4 rings (SSSR count). The van der Waals surface area contributed by atoms with Crippen LogP contribution in [0.4, 0.5) is 0 Å². The molecule has 0 bridgehead atoms. The molecular weight excluding hydrogens is 412 g/mol. The van der Waals surface area contributed by atoms with E-state index in [1.54, 1.807) is 12.1 Å². The number of benzene rings is 2. The fourth-order valence-electron chi connectivity index (χ4n) is 3.37. The van der Waals surface area contributed by atoms with Crippen LogP contribution in [0.3, 0.4) is 0 Å². The molecule has 5 atom stereocenters. The lowest BCUT2D eigenvalue weighted by Gasteiger charge is -2.39. The molecule has 1 aliphatic heterocycles. The molecule has 1 aliphatic rings. The van der Waals surface area contributed by atoms with Gasteiger partial charge in [0.2, 0.25) is 6.29 Å². The van der Waals surface area contributed by atoms with Gasteiger partial charge in [-0.25, -0.2) is 4.42 Å². The van der Waals surface area contributed by atoms with Crippen molar-refractivity contribution in [1.29, 1.82) is 0 Å². The summed E-state index contributed by atoms with van der Waals surface area (Å²) in [6.07, 6.45) is -7.34. The highest BCUT2D eigenvalue weighted by Gasteiger charge is 2.45. The van der Waals surface area contributed by atoms with E-state index in [4.69, 9.17) is 13.9 Å². The van der Waals surface area contributed by atoms with E-state index in [0.29, 0.717) is 16.7 Å². The number of fused-ring (bicyclic) bond motifs is 1. The van der Waals surface area contributed by atoms with Crippen molar-refractivity contribution in [2.75, 3.05) is 6.61 Å². The predicted molar refractivity (Wildman–Crippen MR) is 105 cm³/mol. The molecule has 1 saturated heterocycles. The van der Waals surface area contributed by atoms with E-state index in [-0.39, 0.29) is 28.6 Å². The Hall–Kier alpha value is -3.15. The van der Waals surface area contributed by atoms with Gasteiger partial charge in [-0.15, -0.1) is 0 Å². The summed E-state index contributed by atoms with van der Waals surface area (Å²) in [6, 6.07) is 9.93. The summed E-state index contributed by atoms with van der Waals surface area (Å²) in [6.45, 7) is -0.607. The van der Waals surface area contributed by atoms with E-state index in [1.165, 1.54) is 30.3 Å². The first-order valence-electron chi connectivity index (χ1n) is 9.38. The Bertz CT molecular complexity index is 1100. The second-order valence-corrected chi connectivity index (χ2v) is 7.17. The predicted octanol–water partition coefficient (Wildman–Crippen LogP) is 0.676. The van der Waals surface area contributed by atoms with Gasteiger partial charge in [0.1, 0.15) is 41.3 Å². The van der Waals surface area contributed by atoms with Gasteiger partial charge in [-0.3, -0.25) is 0 Å². The Morgan fingerprint density at radius 2 is 1.65 bits per heavy atom. The minimum atomic E-state index is -1.62. The summed E-state index contributed by atoms with van der Waals surface area (Å²) in [5, 5.41) is 69.0. The topological polar surface area (TPSA) is 171 Å². The van der Waals surface area contributed by atoms with Crippen molar-refractivity contribution in [2.24, 2.45) is 0 Å². The number of hydrogen-bond donors (Lipinski definition) is 7. The van der Waals surface area contributed by atoms with Crippen molar-refractivity contribution < 1.29 is 49.6 Å². The molecule has 164 valence electrons. The van der Waals surface area contributed by atoms with Crippen molar-refractivity contribution in [2.45, 2.75) is 30.7 Å². The van der Waals surface area contributed by atoms with E-state index >= 15 is 0 Å². The van der Waals surface area contributed by atoms with Gasteiger partial charge in [0, 0.05) is 18.2 Å². The molecular formula is C21H21O10+. The van der Waals surface area contributed by atoms with Crippen molar-refractivity contribution >= 4 is 11.0 Å². The number of ether oxygens (including phenoxy) is 2. The maximum Gasteiger partial charge on any atom is 0.368 e. The zero-order valence-corrected chi connectivity index (χ0v) is 16.0. The first-order chi connectivity index (χ1) is 14.8. The SMILES string of the molecule is OC[C@H]1O[C@@H](Oc2cc(O)cc3[o+]c(-c4ccc(O)c(O)c4)ccc23)[C@H](O)[C@@H](O)[C@@H]1O. The first-order valence-corrected chi connectivity index (χ1v) is 9.38. The van der Waals surface area contributed by atoms with Crippen LogP contribution in [0.25, 0.3) is 22.3 Å². The highest BCUT2D eigenvalue weighted by molar-refractivity contribution is 5.86. The second-order valence-electron chi connectivity index (χ2n) is 7.17. The fourth-order valence-corrected chi connectivity index (χ4v) is 3.37. The van der Waals surface area contributed by atoms with E-state index in [2.05, 4.69) is 0 Å². The standard InChI is InChI=1S/C21H20O10/c22-8-17-18(26)19(27)20(28)21(31-17)30-16-7-10(23)6-15-11(16)2-4-14(29-15)9-1-3-12(24)13(25)5-9/h1-7,17-22,26-28H,8H2,(H2-,23,24,25)/p+1/t17-,18-,19+,20-,21-/m1/s1. The van der Waals surface area contributed by atoms with Crippen LogP contribution in [0.15, 0.2) is 46.9 Å². The van der Waals surface area contributed by atoms with E-state index in [0.717, 1.165) is 0 Å². The normalized spacial score (nSPS) is 26.1. The maximum atomic E-state index is 10.2. The van der Waals surface area contributed by atoms with Crippen LogP contribution in [0.1, 0.15) is 0 Å². The molecule has 1 fully saturated rings. The van der Waals surface area contributed by atoms with Crippen LogP contribution in [-0.2, 0) is 4.74 Å². The quantitative estimate of drug-likeness (QED) is 0.229. The van der Waals surface area contributed by atoms with E-state index < -0.39 is 37.3 Å². The molecule has 31 heavy (non-hydrogen) atoms. The molecule has 2 heterocycles. The molecule has 0 spiro atoms. The zero-order chi connectivity index (χ0) is 22.3. The third kappa shape index (κ3) is 3.94. The smallest absolute Gasteiger partial charge is 0.368 e. The lowest BCUT2D eigenvalue weighted by molar-refractivity contribution is -0.277. The summed E-state index contributed by atoms with van der Waals surface area (Å²) in [5.41, 5.74) is 0.668. The van der Waals surface area contributed by atoms with Gasteiger partial charge in [-0.1, -0.05) is 0 Å². The molecule has 10 nitrogen and oxygen atoms in total. The van der Waals surface area contributed by atoms with Gasteiger partial charge in [0.05, 0.1) is 18.2 Å². The van der Waals surface area contributed by atoms with Gasteiger partial charge in [0.15, 0.2) is 11.5 Å². The van der Waals surface area contributed by atoms with Crippen molar-refractivity contribution in [3.63, 3.8) is 0 Å². The Morgan fingerprint density at radius 1 is 0.871 bits per heavy atom. The monoisotopic (exact) mass is 433 g/mol. The number of aromatic hydroxyl groups is 3. The highest BCUT2D eigenvalue weighted by atomic mass is 16.7. The number of aliphatic hydroxyl groups is 4. The summed E-state index contributed by atoms with van der Waals surface area (Å²) in [4.78, 5) is 0. The Labute approximate surface area is 175 Å². The van der Waals surface area contributed by atoms with E-state index in [9.17, 15) is 35.7 Å². The summed E-state index contributed by atoms with van der Waals surface area (Å²) < 4.78 is 16.8. The molecule has 0 unspecified atom stereocenters. The molecule has 0 amide bonds. The minimum Gasteiger partial charge on any atom is -0.507 e. The molecule has 7 N–H and O–H groups in total. The average molecular weight is 433 g/mol. The Morgan fingerprint density at radius 3 is 2.35 bits per heavy atom. The van der Waals surface area contributed by atoms with Gasteiger partial charge in [-0.2, -0.15) is 0 Å². The lowest BCUT2D eigenvalue weighted by atomic mass is 9.99. The third-order valence-corrected chi connectivity index (χ3v) is 5.06. The van der Waals surface area contributed by atoms with Crippen LogP contribution < -0.4 is 4.74 Å². The molecule has 0 radical (unpaired) electrons. The maximum absolute atomic E-state index is 10.2. The van der Waals surface area contributed by atoms with Crippen molar-refractivity contribution in [3.8, 4) is 34.3 Å². The third-order valence-electron chi connectivity index (χ3n) is 5.06. The van der Waals surface area contributed by atoms with E-state index in [1.807, 2.05) is 0 Å². The van der Waals surface area contributed by atoms with Crippen LogP contribution in [0.2, 0.25) is 0 Å². The van der Waals surface area contributed by atoms with Gasteiger partial charge >= 0.3 is 11.3 Å². The van der Waals surface area contributed by atoms with Crippen LogP contribution in [0, 0.1) is 0 Å². The number of rotatable bonds is 4. The minimum absolute atomic E-state index is 0.0585. The fraction of sp³-hybridized carbons (Fsp3) is 0.286. The van der Waals surface area contributed by atoms with Crippen molar-refractivity contribution in [3.05, 3.63) is 42.5 Å². The second kappa shape index (κ2) is 8.17.